The molecular formula is C7H10BrNOS. The average Bonchev–Trinajstić information content (AvgIpc) is 2.28. The van der Waals surface area contributed by atoms with E-state index in [1.165, 1.54) is 4.88 Å². The van der Waals surface area contributed by atoms with Gasteiger partial charge in [-0.25, -0.2) is 0 Å². The van der Waals surface area contributed by atoms with Gasteiger partial charge in [-0.2, -0.15) is 0 Å². The van der Waals surface area contributed by atoms with Gasteiger partial charge in [-0.05, 0) is 28.9 Å². The molecule has 0 fully saturated rings. The first-order valence-electron chi connectivity index (χ1n) is 3.29. The van der Waals surface area contributed by atoms with E-state index in [1.54, 1.807) is 11.3 Å². The smallest absolute Gasteiger partial charge is 0.101 e. The molecule has 11 heavy (non-hydrogen) atoms. The Kier molecular flexibility index (Phi) is 3.06. The van der Waals surface area contributed by atoms with Gasteiger partial charge in [0.25, 0.3) is 0 Å². The van der Waals surface area contributed by atoms with Crippen molar-refractivity contribution in [2.24, 2.45) is 5.73 Å². The van der Waals surface area contributed by atoms with E-state index in [-0.39, 0.29) is 6.54 Å². The molecule has 0 aromatic carbocycles. The van der Waals surface area contributed by atoms with E-state index in [0.29, 0.717) is 0 Å². The van der Waals surface area contributed by atoms with Crippen molar-refractivity contribution in [2.45, 2.75) is 13.0 Å². The van der Waals surface area contributed by atoms with Crippen molar-refractivity contribution in [2.75, 3.05) is 6.54 Å². The second-order valence-electron chi connectivity index (χ2n) is 2.32. The van der Waals surface area contributed by atoms with Gasteiger partial charge in [0.15, 0.2) is 0 Å². The number of aryl methyl sites for hydroxylation is 1. The number of nitrogens with two attached hydrogens (primary N) is 1. The lowest BCUT2D eigenvalue weighted by Crippen LogP contribution is -2.10. The Hall–Kier alpha value is 0.1000. The Balaban J connectivity index is 2.93. The van der Waals surface area contributed by atoms with Crippen LogP contribution in [0.25, 0.3) is 0 Å². The molecule has 2 nitrogen and oxygen atoms in total. The highest BCUT2D eigenvalue weighted by Crippen LogP contribution is 2.31. The first-order chi connectivity index (χ1) is 5.15. The summed E-state index contributed by atoms with van der Waals surface area (Å²) in [4.78, 5) is 2.10. The van der Waals surface area contributed by atoms with Crippen molar-refractivity contribution >= 4 is 27.3 Å². The molecule has 0 aliphatic carbocycles. The standard InChI is InChI=1S/C7H10BrNOS/c1-4-2-5(8)7(11-4)6(10)3-9/h2,6,10H,3,9H2,1H3/t6-/m1/s1. The number of rotatable bonds is 2. The third-order valence-electron chi connectivity index (χ3n) is 1.36. The van der Waals surface area contributed by atoms with Crippen LogP contribution in [-0.2, 0) is 0 Å². The molecule has 0 spiro atoms. The number of thiophene rings is 1. The molecule has 1 aromatic rings. The molecule has 62 valence electrons. The zero-order chi connectivity index (χ0) is 8.43. The van der Waals surface area contributed by atoms with Crippen molar-refractivity contribution in [1.29, 1.82) is 0 Å². The predicted molar refractivity (Wildman–Crippen MR) is 50.8 cm³/mol. The fourth-order valence-corrected chi connectivity index (χ4v) is 2.75. The summed E-state index contributed by atoms with van der Waals surface area (Å²) in [7, 11) is 0. The lowest BCUT2D eigenvalue weighted by molar-refractivity contribution is 0.190. The van der Waals surface area contributed by atoms with Gasteiger partial charge >= 0.3 is 0 Å². The van der Waals surface area contributed by atoms with Crippen molar-refractivity contribution in [3.63, 3.8) is 0 Å². The third-order valence-corrected chi connectivity index (χ3v) is 3.43. The highest BCUT2D eigenvalue weighted by atomic mass is 79.9. The molecule has 0 bridgehead atoms. The predicted octanol–water partition coefficient (Wildman–Crippen LogP) is 1.81. The van der Waals surface area contributed by atoms with Gasteiger partial charge in [0, 0.05) is 20.8 Å². The molecule has 0 saturated heterocycles. The van der Waals surface area contributed by atoms with Gasteiger partial charge < -0.3 is 10.8 Å². The molecule has 0 aliphatic heterocycles. The summed E-state index contributed by atoms with van der Waals surface area (Å²) >= 11 is 4.92. The number of halogens is 1. The fraction of sp³-hybridized carbons (Fsp3) is 0.429. The molecule has 0 aliphatic rings. The monoisotopic (exact) mass is 235 g/mol. The highest BCUT2D eigenvalue weighted by Gasteiger charge is 2.11. The second-order valence-corrected chi connectivity index (χ2v) is 4.46. The summed E-state index contributed by atoms with van der Waals surface area (Å²) in [5.74, 6) is 0. The number of hydrogen-bond donors (Lipinski definition) is 2. The van der Waals surface area contributed by atoms with Crippen LogP contribution < -0.4 is 5.73 Å². The molecule has 1 atom stereocenters. The normalized spacial score (nSPS) is 13.5. The van der Waals surface area contributed by atoms with Crippen molar-refractivity contribution in [3.05, 3.63) is 20.3 Å². The van der Waals surface area contributed by atoms with Crippen LogP contribution in [0, 0.1) is 6.92 Å². The summed E-state index contributed by atoms with van der Waals surface area (Å²) in [6.07, 6.45) is -0.525. The number of aliphatic hydroxyl groups excluding tert-OH is 1. The van der Waals surface area contributed by atoms with Gasteiger partial charge in [-0.3, -0.25) is 0 Å². The average molecular weight is 236 g/mol. The van der Waals surface area contributed by atoms with Crippen molar-refractivity contribution in [3.8, 4) is 0 Å². The summed E-state index contributed by atoms with van der Waals surface area (Å²) in [6, 6.07) is 1.98. The Labute approximate surface area is 78.2 Å². The molecule has 1 aromatic heterocycles. The lowest BCUT2D eigenvalue weighted by atomic mass is 10.3. The minimum Gasteiger partial charge on any atom is -0.386 e. The minimum absolute atomic E-state index is 0.276. The van der Waals surface area contributed by atoms with Crippen LogP contribution in [0.4, 0.5) is 0 Å². The molecule has 1 heterocycles. The van der Waals surface area contributed by atoms with Gasteiger partial charge in [-0.1, -0.05) is 0 Å². The van der Waals surface area contributed by atoms with Crippen LogP contribution in [0.1, 0.15) is 15.9 Å². The van der Waals surface area contributed by atoms with Crippen LogP contribution in [-0.4, -0.2) is 11.7 Å². The Bertz CT molecular complexity index is 249. The topological polar surface area (TPSA) is 46.2 Å². The first kappa shape index (κ1) is 9.19. The molecule has 4 heteroatoms. The highest BCUT2D eigenvalue weighted by molar-refractivity contribution is 9.10. The van der Waals surface area contributed by atoms with Crippen LogP contribution in [0.5, 0.6) is 0 Å². The minimum atomic E-state index is -0.525. The maximum Gasteiger partial charge on any atom is 0.101 e. The van der Waals surface area contributed by atoms with Gasteiger partial charge in [-0.15, -0.1) is 11.3 Å². The maximum atomic E-state index is 9.38. The fourth-order valence-electron chi connectivity index (χ4n) is 0.835. The molecular weight excluding hydrogens is 226 g/mol. The summed E-state index contributed by atoms with van der Waals surface area (Å²) < 4.78 is 0.956. The Morgan fingerprint density at radius 2 is 2.45 bits per heavy atom. The van der Waals surface area contributed by atoms with Crippen LogP contribution >= 0.6 is 27.3 Å². The number of hydrogen-bond acceptors (Lipinski definition) is 3. The summed E-state index contributed by atoms with van der Waals surface area (Å²) in [5, 5.41) is 9.38. The van der Waals surface area contributed by atoms with Crippen LogP contribution in [0.15, 0.2) is 10.5 Å². The zero-order valence-corrected chi connectivity index (χ0v) is 8.58. The van der Waals surface area contributed by atoms with E-state index >= 15 is 0 Å². The van der Waals surface area contributed by atoms with Gasteiger partial charge in [0.1, 0.15) is 6.10 Å². The Morgan fingerprint density at radius 1 is 1.82 bits per heavy atom. The Morgan fingerprint density at radius 3 is 2.82 bits per heavy atom. The molecule has 0 unspecified atom stereocenters. The van der Waals surface area contributed by atoms with E-state index < -0.39 is 6.10 Å². The zero-order valence-electron chi connectivity index (χ0n) is 6.17. The van der Waals surface area contributed by atoms with Crippen LogP contribution in [0.3, 0.4) is 0 Å². The molecule has 0 amide bonds. The maximum absolute atomic E-state index is 9.38. The molecule has 3 N–H and O–H groups in total. The lowest BCUT2D eigenvalue weighted by Gasteiger charge is -2.04. The summed E-state index contributed by atoms with van der Waals surface area (Å²) in [6.45, 7) is 2.28. The second kappa shape index (κ2) is 3.67. The van der Waals surface area contributed by atoms with E-state index in [4.69, 9.17) is 5.73 Å². The molecule has 1 rings (SSSR count). The summed E-state index contributed by atoms with van der Waals surface area (Å²) in [5.41, 5.74) is 5.32. The SMILES string of the molecule is Cc1cc(Br)c([C@H](O)CN)s1. The van der Waals surface area contributed by atoms with E-state index in [2.05, 4.69) is 15.9 Å². The van der Waals surface area contributed by atoms with Crippen LogP contribution in [0.2, 0.25) is 0 Å². The van der Waals surface area contributed by atoms with Gasteiger partial charge in [0.05, 0.1) is 0 Å². The van der Waals surface area contributed by atoms with Crippen molar-refractivity contribution in [1.82, 2.24) is 0 Å². The van der Waals surface area contributed by atoms with E-state index in [1.807, 2.05) is 13.0 Å². The quantitative estimate of drug-likeness (QED) is 0.822. The van der Waals surface area contributed by atoms with E-state index in [9.17, 15) is 5.11 Å². The number of aliphatic hydroxyl groups is 1. The van der Waals surface area contributed by atoms with Gasteiger partial charge in [0.2, 0.25) is 0 Å². The van der Waals surface area contributed by atoms with Crippen molar-refractivity contribution < 1.29 is 5.11 Å². The molecule has 0 saturated carbocycles. The third kappa shape index (κ3) is 2.02. The first-order valence-corrected chi connectivity index (χ1v) is 4.90. The molecule has 0 radical (unpaired) electrons. The van der Waals surface area contributed by atoms with E-state index in [0.717, 1.165) is 9.35 Å². The largest absolute Gasteiger partial charge is 0.386 e.